The topological polar surface area (TPSA) is 49.6 Å². The second kappa shape index (κ2) is 6.53. The molecule has 0 bridgehead atoms. The summed E-state index contributed by atoms with van der Waals surface area (Å²) < 4.78 is 0. The molecule has 1 fully saturated rings. The summed E-state index contributed by atoms with van der Waals surface area (Å²) in [6, 6.07) is 0. The first kappa shape index (κ1) is 15.4. The average molecular weight is 255 g/mol. The van der Waals surface area contributed by atoms with Crippen LogP contribution in [0.5, 0.6) is 0 Å². The lowest BCUT2D eigenvalue weighted by Gasteiger charge is -2.42. The normalized spacial score (nSPS) is 19.9. The summed E-state index contributed by atoms with van der Waals surface area (Å²) in [5.41, 5.74) is 5.78. The fraction of sp³-hybridized carbons (Fsp3) is 0.929. The van der Waals surface area contributed by atoms with Crippen LogP contribution in [0.4, 0.5) is 0 Å². The summed E-state index contributed by atoms with van der Waals surface area (Å²) in [6.07, 6.45) is 1.56. The summed E-state index contributed by atoms with van der Waals surface area (Å²) in [7, 11) is 0. The molecule has 1 rings (SSSR count). The second-order valence-electron chi connectivity index (χ2n) is 6.42. The third kappa shape index (κ3) is 4.58. The minimum atomic E-state index is 0.212. The van der Waals surface area contributed by atoms with E-state index in [0.717, 1.165) is 32.6 Å². The number of hydrogen-bond acceptors (Lipinski definition) is 3. The summed E-state index contributed by atoms with van der Waals surface area (Å²) in [4.78, 5) is 16.5. The summed E-state index contributed by atoms with van der Waals surface area (Å²) >= 11 is 0. The summed E-state index contributed by atoms with van der Waals surface area (Å²) in [5, 5.41) is 0. The molecule has 2 N–H and O–H groups in total. The van der Waals surface area contributed by atoms with E-state index >= 15 is 0 Å². The van der Waals surface area contributed by atoms with Crippen molar-refractivity contribution in [2.75, 3.05) is 32.7 Å². The lowest BCUT2D eigenvalue weighted by Crippen LogP contribution is -2.54. The fourth-order valence-electron chi connectivity index (χ4n) is 2.27. The molecule has 4 nitrogen and oxygen atoms in total. The molecule has 1 atom stereocenters. The van der Waals surface area contributed by atoms with E-state index in [4.69, 9.17) is 5.73 Å². The van der Waals surface area contributed by atoms with Gasteiger partial charge in [0.25, 0.3) is 0 Å². The van der Waals surface area contributed by atoms with Crippen LogP contribution in [0.2, 0.25) is 0 Å². The van der Waals surface area contributed by atoms with E-state index in [2.05, 4.69) is 32.6 Å². The second-order valence-corrected chi connectivity index (χ2v) is 6.42. The van der Waals surface area contributed by atoms with E-state index in [9.17, 15) is 4.79 Å². The van der Waals surface area contributed by atoms with Crippen molar-refractivity contribution >= 4 is 5.91 Å². The first-order chi connectivity index (χ1) is 8.34. The lowest BCUT2D eigenvalue weighted by atomic mass is 10.0. The zero-order chi connectivity index (χ0) is 13.8. The zero-order valence-corrected chi connectivity index (χ0v) is 12.4. The van der Waals surface area contributed by atoms with E-state index in [0.29, 0.717) is 24.8 Å². The zero-order valence-electron chi connectivity index (χ0n) is 12.4. The molecule has 0 aromatic rings. The van der Waals surface area contributed by atoms with Crippen LogP contribution in [-0.4, -0.2) is 54.0 Å². The van der Waals surface area contributed by atoms with Gasteiger partial charge in [-0.15, -0.1) is 0 Å². The molecule has 0 spiro atoms. The van der Waals surface area contributed by atoms with E-state index in [1.165, 1.54) is 0 Å². The summed E-state index contributed by atoms with van der Waals surface area (Å²) in [5.74, 6) is 0.744. The maximum absolute atomic E-state index is 12.0. The molecule has 0 aromatic heterocycles. The lowest BCUT2D eigenvalue weighted by molar-refractivity contribution is -0.134. The van der Waals surface area contributed by atoms with Crippen molar-refractivity contribution in [3.05, 3.63) is 0 Å². The van der Waals surface area contributed by atoms with Gasteiger partial charge in [-0.3, -0.25) is 9.69 Å². The SMILES string of the molecule is CC(CN)CCC(=O)N1CCN(C(C)(C)C)CC1. The molecule has 0 aliphatic carbocycles. The van der Waals surface area contributed by atoms with Crippen LogP contribution in [0, 0.1) is 5.92 Å². The number of piperazine rings is 1. The molecule has 1 saturated heterocycles. The maximum Gasteiger partial charge on any atom is 0.222 e. The average Bonchev–Trinajstić information content (AvgIpc) is 2.34. The van der Waals surface area contributed by atoms with E-state index in [-0.39, 0.29) is 5.54 Å². The quantitative estimate of drug-likeness (QED) is 0.824. The predicted octanol–water partition coefficient (Wildman–Crippen LogP) is 1.30. The van der Waals surface area contributed by atoms with Crippen molar-refractivity contribution in [3.63, 3.8) is 0 Å². The van der Waals surface area contributed by atoms with Gasteiger partial charge in [-0.2, -0.15) is 0 Å². The third-order valence-electron chi connectivity index (χ3n) is 3.83. The molecule has 18 heavy (non-hydrogen) atoms. The molecule has 0 radical (unpaired) electrons. The Morgan fingerprint density at radius 2 is 1.78 bits per heavy atom. The molecule has 1 aliphatic heterocycles. The number of nitrogens with two attached hydrogens (primary N) is 1. The molecule has 1 unspecified atom stereocenters. The largest absolute Gasteiger partial charge is 0.340 e. The van der Waals surface area contributed by atoms with Gasteiger partial charge in [0.05, 0.1) is 0 Å². The van der Waals surface area contributed by atoms with Crippen LogP contribution in [0.25, 0.3) is 0 Å². The minimum absolute atomic E-state index is 0.212. The Morgan fingerprint density at radius 1 is 1.22 bits per heavy atom. The Labute approximate surface area is 111 Å². The number of nitrogens with zero attached hydrogens (tertiary/aromatic N) is 2. The first-order valence-corrected chi connectivity index (χ1v) is 7.07. The van der Waals surface area contributed by atoms with Gasteiger partial charge in [0, 0.05) is 38.1 Å². The van der Waals surface area contributed by atoms with Crippen molar-refractivity contribution in [2.24, 2.45) is 11.7 Å². The van der Waals surface area contributed by atoms with E-state index in [1.807, 2.05) is 4.90 Å². The van der Waals surface area contributed by atoms with Gasteiger partial charge in [-0.25, -0.2) is 0 Å². The molecular formula is C14H29N3O. The van der Waals surface area contributed by atoms with Crippen LogP contribution >= 0.6 is 0 Å². The number of amides is 1. The third-order valence-corrected chi connectivity index (χ3v) is 3.83. The molecule has 1 heterocycles. The first-order valence-electron chi connectivity index (χ1n) is 7.07. The smallest absolute Gasteiger partial charge is 0.222 e. The molecule has 4 heteroatoms. The highest BCUT2D eigenvalue weighted by molar-refractivity contribution is 5.76. The predicted molar refractivity (Wildman–Crippen MR) is 75.4 cm³/mol. The highest BCUT2D eigenvalue weighted by Crippen LogP contribution is 2.16. The molecule has 1 aliphatic rings. The maximum atomic E-state index is 12.0. The van der Waals surface area contributed by atoms with E-state index in [1.54, 1.807) is 0 Å². The minimum Gasteiger partial charge on any atom is -0.340 e. The van der Waals surface area contributed by atoms with E-state index < -0.39 is 0 Å². The number of hydrogen-bond donors (Lipinski definition) is 1. The number of carbonyl (C=O) groups is 1. The van der Waals surface area contributed by atoms with Crippen LogP contribution in [-0.2, 0) is 4.79 Å². The van der Waals surface area contributed by atoms with Crippen molar-refractivity contribution in [1.29, 1.82) is 0 Å². The van der Waals surface area contributed by atoms with Gasteiger partial charge in [-0.1, -0.05) is 6.92 Å². The van der Waals surface area contributed by atoms with Gasteiger partial charge in [0.2, 0.25) is 5.91 Å². The van der Waals surface area contributed by atoms with Gasteiger partial charge < -0.3 is 10.6 Å². The Bertz CT molecular complexity index is 265. The van der Waals surface area contributed by atoms with Crippen LogP contribution in [0.3, 0.4) is 0 Å². The Hall–Kier alpha value is -0.610. The Morgan fingerprint density at radius 3 is 2.22 bits per heavy atom. The van der Waals surface area contributed by atoms with Gasteiger partial charge in [0.15, 0.2) is 0 Å². The van der Waals surface area contributed by atoms with Crippen molar-refractivity contribution < 1.29 is 4.79 Å². The standard InChI is InChI=1S/C14H29N3O/c1-12(11-15)5-6-13(18)16-7-9-17(10-8-16)14(2,3)4/h12H,5-11,15H2,1-4H3. The fourth-order valence-corrected chi connectivity index (χ4v) is 2.27. The van der Waals surface area contributed by atoms with Crippen LogP contribution in [0.15, 0.2) is 0 Å². The van der Waals surface area contributed by atoms with Crippen LogP contribution in [0.1, 0.15) is 40.5 Å². The monoisotopic (exact) mass is 255 g/mol. The molecule has 106 valence electrons. The molecule has 1 amide bonds. The highest BCUT2D eigenvalue weighted by Gasteiger charge is 2.27. The number of carbonyl (C=O) groups excluding carboxylic acids is 1. The highest BCUT2D eigenvalue weighted by atomic mass is 16.2. The van der Waals surface area contributed by atoms with Crippen molar-refractivity contribution in [2.45, 2.75) is 46.1 Å². The molecule has 0 saturated carbocycles. The van der Waals surface area contributed by atoms with Crippen molar-refractivity contribution in [1.82, 2.24) is 9.80 Å². The molecular weight excluding hydrogens is 226 g/mol. The van der Waals surface area contributed by atoms with Gasteiger partial charge in [-0.05, 0) is 39.7 Å². The summed E-state index contributed by atoms with van der Waals surface area (Å²) in [6.45, 7) is 13.2. The Balaban J connectivity index is 2.32. The number of rotatable bonds is 4. The molecule has 0 aromatic carbocycles. The van der Waals surface area contributed by atoms with Gasteiger partial charge >= 0.3 is 0 Å². The van der Waals surface area contributed by atoms with Crippen molar-refractivity contribution in [3.8, 4) is 0 Å². The Kier molecular flexibility index (Phi) is 5.60. The van der Waals surface area contributed by atoms with Crippen LogP contribution < -0.4 is 5.73 Å². The van der Waals surface area contributed by atoms with Gasteiger partial charge in [0.1, 0.15) is 0 Å².